The molecule has 2 aromatic carbocycles. The third-order valence-electron chi connectivity index (χ3n) is 6.26. The highest BCUT2D eigenvalue weighted by Gasteiger charge is 2.25. The van der Waals surface area contributed by atoms with Crippen molar-refractivity contribution in [2.75, 3.05) is 30.4 Å². The molecular weight excluding hydrogens is 445 g/mol. The number of pyridine rings is 1. The number of anilines is 2. The predicted molar refractivity (Wildman–Crippen MR) is 135 cm³/mol. The van der Waals surface area contributed by atoms with Gasteiger partial charge in [0.05, 0.1) is 16.8 Å². The average Bonchev–Trinajstić information content (AvgIpc) is 2.87. The van der Waals surface area contributed by atoms with E-state index in [-0.39, 0.29) is 17.2 Å². The Labute approximate surface area is 202 Å². The smallest absolute Gasteiger partial charge is 0.252 e. The molecule has 178 valence electrons. The average molecular weight is 472 g/mol. The monoisotopic (exact) mass is 471 g/mol. The molecule has 0 aliphatic carbocycles. The highest BCUT2D eigenvalue weighted by atomic mass is 19.1. The quantitative estimate of drug-likeness (QED) is 0.405. The van der Waals surface area contributed by atoms with E-state index < -0.39 is 11.7 Å². The highest BCUT2D eigenvalue weighted by molar-refractivity contribution is 6.01. The lowest BCUT2D eigenvalue weighted by molar-refractivity contribution is 0.100. The predicted octanol–water partition coefficient (Wildman–Crippen LogP) is 3.49. The van der Waals surface area contributed by atoms with E-state index in [1.54, 1.807) is 25.2 Å². The molecule has 1 saturated heterocycles. The van der Waals surface area contributed by atoms with E-state index in [4.69, 9.17) is 27.1 Å². The number of nitrogens with two attached hydrogens (primary N) is 2. The number of hydrogen-bond acceptors (Lipinski definition) is 7. The topological polar surface area (TPSA) is 145 Å². The van der Waals surface area contributed by atoms with E-state index >= 15 is 0 Å². The Kier molecular flexibility index (Phi) is 6.75. The molecular formula is C26H26FN7O. The molecule has 0 atom stereocenters. The van der Waals surface area contributed by atoms with Crippen molar-refractivity contribution in [3.8, 4) is 28.5 Å². The first kappa shape index (κ1) is 23.9. The summed E-state index contributed by atoms with van der Waals surface area (Å²) >= 11 is 0. The molecule has 0 radical (unpaired) electrons. The summed E-state index contributed by atoms with van der Waals surface area (Å²) < 4.78 is 14.6. The molecule has 1 aliphatic heterocycles. The van der Waals surface area contributed by atoms with Crippen molar-refractivity contribution in [2.45, 2.75) is 18.9 Å². The lowest BCUT2D eigenvalue weighted by atomic mass is 9.94. The molecule has 6 N–H and O–H groups in total. The Morgan fingerprint density at radius 3 is 2.54 bits per heavy atom. The van der Waals surface area contributed by atoms with E-state index in [1.807, 2.05) is 23.1 Å². The zero-order valence-corrected chi connectivity index (χ0v) is 19.3. The van der Waals surface area contributed by atoms with Gasteiger partial charge in [0, 0.05) is 54.8 Å². The maximum absolute atomic E-state index is 14.6. The third-order valence-corrected chi connectivity index (χ3v) is 6.26. The number of primary amides is 1. The molecule has 35 heavy (non-hydrogen) atoms. The van der Waals surface area contributed by atoms with Crippen LogP contribution in [0.5, 0.6) is 0 Å². The van der Waals surface area contributed by atoms with Crippen LogP contribution in [0.2, 0.25) is 0 Å². The number of nitrogens with one attached hydrogen (secondary N) is 2. The van der Waals surface area contributed by atoms with Crippen LogP contribution in [-0.4, -0.2) is 43.3 Å². The van der Waals surface area contributed by atoms with Crippen molar-refractivity contribution in [3.63, 3.8) is 0 Å². The number of benzene rings is 2. The molecule has 1 amide bonds. The number of aromatic nitrogens is 1. The number of piperidine rings is 1. The van der Waals surface area contributed by atoms with Crippen LogP contribution in [0.3, 0.4) is 0 Å². The second-order valence-corrected chi connectivity index (χ2v) is 8.45. The minimum absolute atomic E-state index is 0.0706. The van der Waals surface area contributed by atoms with Gasteiger partial charge in [-0.15, -0.1) is 0 Å². The van der Waals surface area contributed by atoms with Gasteiger partial charge in [-0.2, -0.15) is 5.26 Å². The number of hydrogen-bond donors (Lipinski definition) is 4. The summed E-state index contributed by atoms with van der Waals surface area (Å²) in [7, 11) is 1.76. The lowest BCUT2D eigenvalue weighted by Crippen LogP contribution is -2.41. The van der Waals surface area contributed by atoms with E-state index in [0.717, 1.165) is 18.5 Å². The van der Waals surface area contributed by atoms with Crippen LogP contribution >= 0.6 is 0 Å². The Balaban J connectivity index is 1.98. The fourth-order valence-electron chi connectivity index (χ4n) is 4.31. The standard InChI is InChI=1S/C26H26FN7O/c1-32-23-5-4-15(10-18(23)14-29)20-12-21(25(31)35)26(34-8-6-19(30)7-9-34)33-24(20)16-2-3-17(13-28)22(27)11-16/h2-5,10-12,14,19,29,32H,6-9,30H2,1H3,(H2,31,35). The summed E-state index contributed by atoms with van der Waals surface area (Å²) in [4.78, 5) is 19.3. The molecule has 0 saturated carbocycles. The number of carbonyl (C=O) groups excluding carboxylic acids is 1. The van der Waals surface area contributed by atoms with Gasteiger partial charge in [0.25, 0.3) is 5.91 Å². The van der Waals surface area contributed by atoms with E-state index in [9.17, 15) is 9.18 Å². The first-order valence-electron chi connectivity index (χ1n) is 11.2. The van der Waals surface area contributed by atoms with Gasteiger partial charge in [-0.3, -0.25) is 4.79 Å². The van der Waals surface area contributed by atoms with Gasteiger partial charge in [-0.1, -0.05) is 12.1 Å². The molecule has 9 heteroatoms. The Bertz CT molecular complexity index is 1340. The lowest BCUT2D eigenvalue weighted by Gasteiger charge is -2.32. The van der Waals surface area contributed by atoms with Crippen LogP contribution in [0.25, 0.3) is 22.4 Å². The first-order valence-corrected chi connectivity index (χ1v) is 11.2. The minimum Gasteiger partial charge on any atom is -0.388 e. The molecule has 1 aliphatic rings. The maximum Gasteiger partial charge on any atom is 0.252 e. The zero-order valence-electron chi connectivity index (χ0n) is 19.3. The van der Waals surface area contributed by atoms with Gasteiger partial charge in [0.2, 0.25) is 0 Å². The highest BCUT2D eigenvalue weighted by Crippen LogP contribution is 2.37. The molecule has 0 spiro atoms. The molecule has 1 aromatic heterocycles. The SMILES string of the molecule is CNc1ccc(-c2cc(C(N)=O)c(N3CCC(N)CC3)nc2-c2ccc(C#N)c(F)c2)cc1C=N. The Hall–Kier alpha value is -4.29. The summed E-state index contributed by atoms with van der Waals surface area (Å²) in [6.45, 7) is 1.23. The number of nitriles is 1. The number of amides is 1. The summed E-state index contributed by atoms with van der Waals surface area (Å²) in [5, 5.41) is 20.0. The molecule has 3 aromatic rings. The second kappa shape index (κ2) is 9.91. The molecule has 8 nitrogen and oxygen atoms in total. The molecule has 1 fully saturated rings. The first-order chi connectivity index (χ1) is 16.9. The van der Waals surface area contributed by atoms with Crippen LogP contribution in [0, 0.1) is 22.6 Å². The Morgan fingerprint density at radius 2 is 1.94 bits per heavy atom. The summed E-state index contributed by atoms with van der Waals surface area (Å²) in [6.07, 6.45) is 2.72. The number of carbonyl (C=O) groups is 1. The van der Waals surface area contributed by atoms with Crippen molar-refractivity contribution in [3.05, 3.63) is 65.0 Å². The summed E-state index contributed by atoms with van der Waals surface area (Å²) in [6, 6.07) is 13.3. The van der Waals surface area contributed by atoms with E-state index in [2.05, 4.69) is 5.32 Å². The Morgan fingerprint density at radius 1 is 1.23 bits per heavy atom. The van der Waals surface area contributed by atoms with Crippen molar-refractivity contribution in [1.29, 1.82) is 10.7 Å². The second-order valence-electron chi connectivity index (χ2n) is 8.45. The normalized spacial score (nSPS) is 13.8. The van der Waals surface area contributed by atoms with Crippen LogP contribution in [0.1, 0.15) is 34.3 Å². The van der Waals surface area contributed by atoms with Gasteiger partial charge < -0.3 is 27.1 Å². The molecule has 0 unspecified atom stereocenters. The van der Waals surface area contributed by atoms with Gasteiger partial charge >= 0.3 is 0 Å². The fourth-order valence-corrected chi connectivity index (χ4v) is 4.31. The van der Waals surface area contributed by atoms with Crippen molar-refractivity contribution >= 4 is 23.6 Å². The van der Waals surface area contributed by atoms with Gasteiger partial charge in [0.1, 0.15) is 17.7 Å². The largest absolute Gasteiger partial charge is 0.388 e. The van der Waals surface area contributed by atoms with Crippen LogP contribution in [-0.2, 0) is 0 Å². The zero-order chi connectivity index (χ0) is 25.1. The number of rotatable bonds is 6. The van der Waals surface area contributed by atoms with E-state index in [0.29, 0.717) is 46.9 Å². The van der Waals surface area contributed by atoms with Gasteiger partial charge in [0.15, 0.2) is 0 Å². The van der Waals surface area contributed by atoms with Crippen LogP contribution < -0.4 is 21.7 Å². The van der Waals surface area contributed by atoms with E-state index in [1.165, 1.54) is 18.3 Å². The fraction of sp³-hybridized carbons (Fsp3) is 0.231. The van der Waals surface area contributed by atoms with Crippen molar-refractivity contribution in [1.82, 2.24) is 4.98 Å². The van der Waals surface area contributed by atoms with Gasteiger partial charge in [-0.25, -0.2) is 9.37 Å². The number of nitrogens with zero attached hydrogens (tertiary/aromatic N) is 3. The maximum atomic E-state index is 14.6. The molecule has 4 rings (SSSR count). The molecule has 0 bridgehead atoms. The van der Waals surface area contributed by atoms with Gasteiger partial charge in [-0.05, 0) is 48.7 Å². The van der Waals surface area contributed by atoms with Crippen LogP contribution in [0.4, 0.5) is 15.9 Å². The van der Waals surface area contributed by atoms with Crippen molar-refractivity contribution < 1.29 is 9.18 Å². The summed E-state index contributed by atoms with van der Waals surface area (Å²) in [5.74, 6) is -0.861. The van der Waals surface area contributed by atoms with Crippen LogP contribution in [0.15, 0.2) is 42.5 Å². The summed E-state index contributed by atoms with van der Waals surface area (Å²) in [5.41, 5.74) is 15.6. The van der Waals surface area contributed by atoms with Crippen molar-refractivity contribution in [2.24, 2.45) is 11.5 Å². The number of halogens is 1. The molecule has 2 heterocycles. The third kappa shape index (κ3) is 4.69. The minimum atomic E-state index is -0.659.